The highest BCUT2D eigenvalue weighted by Gasteiger charge is 2.31. The highest BCUT2D eigenvalue weighted by atomic mass is 127. The average molecular weight is 924 g/mol. The van der Waals surface area contributed by atoms with Gasteiger partial charge in [-0.15, -0.1) is 11.3 Å². The Kier molecular flexibility index (Phi) is 8.95. The lowest BCUT2D eigenvalue weighted by Crippen LogP contribution is -2.05. The molecule has 0 unspecified atom stereocenters. The van der Waals surface area contributed by atoms with Crippen molar-refractivity contribution < 1.29 is 26.3 Å². The molecule has 1 aromatic heterocycles. The van der Waals surface area contributed by atoms with Crippen LogP contribution in [0.5, 0.6) is 0 Å². The molecule has 0 spiro atoms. The molecule has 0 atom stereocenters. The molecule has 0 aliphatic rings. The second-order valence-electron chi connectivity index (χ2n) is 6.27. The number of hydrogen-bond acceptors (Lipinski definition) is 1. The summed E-state index contributed by atoms with van der Waals surface area (Å²) in [6.07, 6.45) is -8.92. The summed E-state index contributed by atoms with van der Waals surface area (Å²) >= 11 is 9.25. The van der Waals surface area contributed by atoms with Crippen LogP contribution >= 0.6 is 102 Å². The summed E-state index contributed by atoms with van der Waals surface area (Å²) in [6, 6.07) is 6.77. The number of halogens is 10. The molecule has 1 heterocycles. The van der Waals surface area contributed by atoms with E-state index in [0.717, 1.165) is 31.4 Å². The van der Waals surface area contributed by atoms with Gasteiger partial charge in [-0.3, -0.25) is 0 Å². The van der Waals surface area contributed by atoms with Crippen molar-refractivity contribution in [2.75, 3.05) is 0 Å². The fourth-order valence-corrected chi connectivity index (χ4v) is 5.96. The smallest absolute Gasteiger partial charge is 0.166 e. The molecule has 170 valence electrons. The van der Waals surface area contributed by atoms with E-state index in [1.54, 1.807) is 0 Å². The van der Waals surface area contributed by atoms with Crippen LogP contribution in [0.25, 0.3) is 0 Å². The van der Waals surface area contributed by atoms with Crippen LogP contribution in [0.3, 0.4) is 0 Å². The van der Waals surface area contributed by atoms with E-state index in [1.807, 2.05) is 45.2 Å². The van der Waals surface area contributed by atoms with Gasteiger partial charge in [0, 0.05) is 18.3 Å². The third-order valence-corrected chi connectivity index (χ3v) is 10.8. The van der Waals surface area contributed by atoms with Crippen molar-refractivity contribution in [1.29, 1.82) is 0 Å². The second kappa shape index (κ2) is 10.8. The monoisotopic (exact) mass is 924 g/mol. The molecule has 0 nitrogen and oxygen atoms in total. The summed E-state index contributed by atoms with van der Waals surface area (Å²) in [5.41, 5.74) is -1.03. The normalized spacial score (nSPS) is 11.5. The van der Waals surface area contributed by atoms with Crippen LogP contribution in [0.4, 0.5) is 26.3 Å². The molecule has 0 aliphatic carbocycles. The summed E-state index contributed by atoms with van der Waals surface area (Å²) in [5, 5.41) is 0. The van der Waals surface area contributed by atoms with Crippen LogP contribution in [-0.4, -0.2) is 0 Å². The van der Waals surface area contributed by atoms with Gasteiger partial charge in [-0.05, 0) is 139 Å². The Morgan fingerprint density at radius 1 is 0.576 bits per heavy atom. The molecule has 2 aromatic carbocycles. The van der Waals surface area contributed by atoms with Gasteiger partial charge in [-0.25, -0.2) is 0 Å². The third kappa shape index (κ3) is 6.92. The average Bonchev–Trinajstić information content (AvgIpc) is 2.98. The lowest BCUT2D eigenvalue weighted by molar-refractivity contribution is -0.138. The summed E-state index contributed by atoms with van der Waals surface area (Å²) in [6.45, 7) is 0. The second-order valence-corrected chi connectivity index (χ2v) is 11.8. The fraction of sp³-hybridized carbons (Fsp3) is 0.0909. The fourth-order valence-electron chi connectivity index (χ4n) is 2.39. The summed E-state index contributed by atoms with van der Waals surface area (Å²) in [7, 11) is 0. The molecule has 0 bridgehead atoms. The lowest BCUT2D eigenvalue weighted by Gasteiger charge is -2.07. The van der Waals surface area contributed by atoms with Crippen molar-refractivity contribution in [3.05, 3.63) is 82.7 Å². The van der Waals surface area contributed by atoms with Crippen molar-refractivity contribution in [1.82, 2.24) is 0 Å². The minimum atomic E-state index is -4.46. The van der Waals surface area contributed by atoms with Crippen molar-refractivity contribution in [3.63, 3.8) is 0 Å². The Labute approximate surface area is 243 Å². The Hall–Kier alpha value is -0.240. The van der Waals surface area contributed by atoms with Crippen molar-refractivity contribution in [3.8, 4) is 23.7 Å². The molecule has 33 heavy (non-hydrogen) atoms. The van der Waals surface area contributed by atoms with E-state index < -0.39 is 23.5 Å². The quantitative estimate of drug-likeness (QED) is 0.120. The SMILES string of the molecule is FC(F)(F)c1ccc(I)c(C#Cc2sc(C#Cc3cc(C(F)(F)F)ccc3I)c(I)c2I)c1. The highest BCUT2D eigenvalue weighted by Crippen LogP contribution is 2.33. The van der Waals surface area contributed by atoms with Gasteiger partial charge in [0.05, 0.1) is 28.0 Å². The molecule has 3 aromatic rings. The van der Waals surface area contributed by atoms with E-state index in [1.165, 1.54) is 23.5 Å². The first-order valence-electron chi connectivity index (χ1n) is 8.52. The Morgan fingerprint density at radius 3 is 1.27 bits per heavy atom. The van der Waals surface area contributed by atoms with Gasteiger partial charge in [-0.1, -0.05) is 11.8 Å². The molecular weight excluding hydrogens is 918 g/mol. The van der Waals surface area contributed by atoms with Crippen LogP contribution < -0.4 is 0 Å². The van der Waals surface area contributed by atoms with Crippen LogP contribution in [0.2, 0.25) is 0 Å². The Morgan fingerprint density at radius 2 is 0.939 bits per heavy atom. The predicted octanol–water partition coefficient (Wildman–Crippen LogP) is 9.00. The summed E-state index contributed by atoms with van der Waals surface area (Å²) in [4.78, 5) is 1.24. The maximum atomic E-state index is 13.0. The number of hydrogen-bond donors (Lipinski definition) is 0. The molecular formula is C22H6F6I4S. The van der Waals surface area contributed by atoms with Crippen LogP contribution in [0.15, 0.2) is 36.4 Å². The third-order valence-electron chi connectivity index (χ3n) is 4.00. The zero-order valence-electron chi connectivity index (χ0n) is 15.7. The number of benzene rings is 2. The van der Waals surface area contributed by atoms with Gasteiger partial charge in [0.2, 0.25) is 0 Å². The molecule has 0 N–H and O–H groups in total. The van der Waals surface area contributed by atoms with E-state index in [2.05, 4.69) is 68.9 Å². The number of rotatable bonds is 0. The minimum Gasteiger partial charge on any atom is -0.166 e. The van der Waals surface area contributed by atoms with Gasteiger partial charge >= 0.3 is 12.4 Å². The minimum absolute atomic E-state index is 0.260. The Bertz CT molecular complexity index is 1250. The van der Waals surface area contributed by atoms with E-state index in [9.17, 15) is 26.3 Å². The van der Waals surface area contributed by atoms with Crippen LogP contribution in [-0.2, 0) is 12.4 Å². The molecule has 0 saturated carbocycles. The molecule has 0 fully saturated rings. The topological polar surface area (TPSA) is 0 Å². The largest absolute Gasteiger partial charge is 0.416 e. The van der Waals surface area contributed by atoms with Gasteiger partial charge in [0.15, 0.2) is 0 Å². The van der Waals surface area contributed by atoms with Crippen molar-refractivity contribution >= 4 is 102 Å². The van der Waals surface area contributed by atoms with Crippen molar-refractivity contribution in [2.24, 2.45) is 0 Å². The standard InChI is InChI=1S/C22H6F6I4S/c23-21(24,25)13-3-5-15(29)11(9-13)1-7-17-19(31)20(32)18(33-17)8-2-12-10-14(22(26,27)28)4-6-16(12)30/h3-6,9-10H. The molecule has 0 radical (unpaired) electrons. The molecule has 0 amide bonds. The first-order valence-corrected chi connectivity index (χ1v) is 13.7. The van der Waals surface area contributed by atoms with E-state index >= 15 is 0 Å². The zero-order valence-corrected chi connectivity index (χ0v) is 25.1. The lowest BCUT2D eigenvalue weighted by atomic mass is 10.1. The summed E-state index contributed by atoms with van der Waals surface area (Å²) < 4.78 is 80.7. The Balaban J connectivity index is 1.97. The van der Waals surface area contributed by atoms with E-state index in [-0.39, 0.29) is 11.1 Å². The highest BCUT2D eigenvalue weighted by molar-refractivity contribution is 14.1. The van der Waals surface area contributed by atoms with Gasteiger partial charge in [0.1, 0.15) is 0 Å². The first-order chi connectivity index (χ1) is 15.3. The molecule has 0 saturated heterocycles. The van der Waals surface area contributed by atoms with Gasteiger partial charge < -0.3 is 0 Å². The zero-order chi connectivity index (χ0) is 24.6. The van der Waals surface area contributed by atoms with E-state index in [0.29, 0.717) is 16.9 Å². The van der Waals surface area contributed by atoms with Crippen LogP contribution in [0, 0.1) is 38.0 Å². The maximum Gasteiger partial charge on any atom is 0.416 e. The number of thiophene rings is 1. The van der Waals surface area contributed by atoms with Gasteiger partial charge in [-0.2, -0.15) is 26.3 Å². The van der Waals surface area contributed by atoms with Gasteiger partial charge in [0.25, 0.3) is 0 Å². The van der Waals surface area contributed by atoms with E-state index in [4.69, 9.17) is 0 Å². The molecule has 3 rings (SSSR count). The molecule has 0 aliphatic heterocycles. The molecule has 11 heteroatoms. The first kappa shape index (κ1) is 27.3. The van der Waals surface area contributed by atoms with Crippen LogP contribution in [0.1, 0.15) is 32.0 Å². The van der Waals surface area contributed by atoms with Crippen molar-refractivity contribution in [2.45, 2.75) is 12.4 Å². The predicted molar refractivity (Wildman–Crippen MR) is 150 cm³/mol. The summed E-state index contributed by atoms with van der Waals surface area (Å²) in [5.74, 6) is 11.4. The maximum absolute atomic E-state index is 13.0. The number of alkyl halides is 6.